The third kappa shape index (κ3) is 3.25. The molecule has 3 N–H and O–H groups in total. The van der Waals surface area contributed by atoms with Gasteiger partial charge in [-0.1, -0.05) is 36.5 Å². The van der Waals surface area contributed by atoms with Gasteiger partial charge in [0.25, 0.3) is 0 Å². The molecule has 0 radical (unpaired) electrons. The molecule has 0 heterocycles. The standard InChI is InChI=1S/C10H13NO2/c11-9(10(12)13)7-8-5-3-1-2-4-6-8/h1-6,8-9H,7,11H2,(H,12,13). The van der Waals surface area contributed by atoms with E-state index >= 15 is 0 Å². The van der Waals surface area contributed by atoms with E-state index in [1.807, 2.05) is 36.5 Å². The molecule has 0 fully saturated rings. The van der Waals surface area contributed by atoms with Crippen molar-refractivity contribution in [1.29, 1.82) is 0 Å². The first kappa shape index (κ1) is 9.74. The average molecular weight is 179 g/mol. The van der Waals surface area contributed by atoms with Gasteiger partial charge in [-0.25, -0.2) is 0 Å². The van der Waals surface area contributed by atoms with Crippen molar-refractivity contribution >= 4 is 5.97 Å². The number of carbonyl (C=O) groups is 1. The predicted octanol–water partition coefficient (Wildman–Crippen LogP) is 1.09. The van der Waals surface area contributed by atoms with Crippen LogP contribution in [0, 0.1) is 5.92 Å². The fraction of sp³-hybridized carbons (Fsp3) is 0.300. The fourth-order valence-corrected chi connectivity index (χ4v) is 1.16. The largest absolute Gasteiger partial charge is 0.480 e. The van der Waals surface area contributed by atoms with Crippen molar-refractivity contribution < 1.29 is 9.90 Å². The van der Waals surface area contributed by atoms with E-state index in [1.54, 1.807) is 0 Å². The topological polar surface area (TPSA) is 63.3 Å². The van der Waals surface area contributed by atoms with Crippen molar-refractivity contribution in [1.82, 2.24) is 0 Å². The molecule has 0 amide bonds. The summed E-state index contributed by atoms with van der Waals surface area (Å²) in [5.74, 6) is -0.819. The molecule has 0 aromatic heterocycles. The van der Waals surface area contributed by atoms with Crippen molar-refractivity contribution in [2.75, 3.05) is 0 Å². The molecule has 0 saturated carbocycles. The minimum Gasteiger partial charge on any atom is -0.480 e. The molecule has 13 heavy (non-hydrogen) atoms. The van der Waals surface area contributed by atoms with Gasteiger partial charge in [-0.3, -0.25) is 4.79 Å². The van der Waals surface area contributed by atoms with Crippen LogP contribution in [0.3, 0.4) is 0 Å². The number of hydrogen-bond donors (Lipinski definition) is 2. The Morgan fingerprint density at radius 3 is 2.31 bits per heavy atom. The molecule has 1 aliphatic carbocycles. The summed E-state index contributed by atoms with van der Waals surface area (Å²) in [4.78, 5) is 10.5. The van der Waals surface area contributed by atoms with Gasteiger partial charge < -0.3 is 10.8 Å². The fourth-order valence-electron chi connectivity index (χ4n) is 1.16. The lowest BCUT2D eigenvalue weighted by molar-refractivity contribution is -0.138. The molecule has 0 saturated heterocycles. The van der Waals surface area contributed by atoms with Crippen molar-refractivity contribution in [3.63, 3.8) is 0 Å². The maximum absolute atomic E-state index is 10.5. The highest BCUT2D eigenvalue weighted by Crippen LogP contribution is 2.12. The van der Waals surface area contributed by atoms with E-state index in [-0.39, 0.29) is 5.92 Å². The number of allylic oxidation sites excluding steroid dienone is 6. The summed E-state index contributed by atoms with van der Waals surface area (Å²) < 4.78 is 0. The van der Waals surface area contributed by atoms with Gasteiger partial charge in [0.1, 0.15) is 6.04 Å². The van der Waals surface area contributed by atoms with E-state index in [0.29, 0.717) is 6.42 Å². The van der Waals surface area contributed by atoms with Gasteiger partial charge in [-0.05, 0) is 12.3 Å². The highest BCUT2D eigenvalue weighted by molar-refractivity contribution is 5.73. The molecule has 3 heteroatoms. The first-order valence-corrected chi connectivity index (χ1v) is 4.20. The molecule has 1 aliphatic rings. The zero-order valence-electron chi connectivity index (χ0n) is 7.26. The SMILES string of the molecule is NC(CC1C=CC=CC=C1)C(=O)O. The zero-order chi connectivity index (χ0) is 9.68. The Bertz CT molecular complexity index is 250. The van der Waals surface area contributed by atoms with Crippen LogP contribution in [-0.4, -0.2) is 17.1 Å². The number of nitrogens with two attached hydrogens (primary N) is 1. The molecule has 3 nitrogen and oxygen atoms in total. The lowest BCUT2D eigenvalue weighted by atomic mass is 10.00. The Morgan fingerprint density at radius 1 is 1.31 bits per heavy atom. The summed E-state index contributed by atoms with van der Waals surface area (Å²) in [7, 11) is 0. The van der Waals surface area contributed by atoms with E-state index in [0.717, 1.165) is 0 Å². The molecule has 0 bridgehead atoms. The molecule has 70 valence electrons. The molecule has 1 atom stereocenters. The summed E-state index contributed by atoms with van der Waals surface area (Å²) >= 11 is 0. The Labute approximate surface area is 77.2 Å². The Hall–Kier alpha value is -1.35. The smallest absolute Gasteiger partial charge is 0.320 e. The Morgan fingerprint density at radius 2 is 1.85 bits per heavy atom. The van der Waals surface area contributed by atoms with Crippen LogP contribution in [-0.2, 0) is 4.79 Å². The first-order valence-electron chi connectivity index (χ1n) is 4.20. The van der Waals surface area contributed by atoms with Crippen LogP contribution in [0.25, 0.3) is 0 Å². The average Bonchev–Trinajstić information content (AvgIpc) is 2.32. The van der Waals surface area contributed by atoms with Gasteiger partial charge in [0.05, 0.1) is 0 Å². The summed E-state index contributed by atoms with van der Waals surface area (Å²) in [6.07, 6.45) is 12.0. The monoisotopic (exact) mass is 179 g/mol. The predicted molar refractivity (Wildman–Crippen MR) is 51.1 cm³/mol. The van der Waals surface area contributed by atoms with E-state index in [1.165, 1.54) is 0 Å². The summed E-state index contributed by atoms with van der Waals surface area (Å²) in [6.45, 7) is 0. The quantitative estimate of drug-likeness (QED) is 0.681. The van der Waals surface area contributed by atoms with Crippen molar-refractivity contribution in [2.24, 2.45) is 11.7 Å². The van der Waals surface area contributed by atoms with E-state index < -0.39 is 12.0 Å². The lowest BCUT2D eigenvalue weighted by Gasteiger charge is -2.10. The third-order valence-electron chi connectivity index (χ3n) is 1.89. The van der Waals surface area contributed by atoms with Crippen LogP contribution >= 0.6 is 0 Å². The second-order valence-corrected chi connectivity index (χ2v) is 3.00. The number of rotatable bonds is 3. The van der Waals surface area contributed by atoms with E-state index in [2.05, 4.69) is 0 Å². The molecular weight excluding hydrogens is 166 g/mol. The van der Waals surface area contributed by atoms with E-state index in [4.69, 9.17) is 10.8 Å². The minimum atomic E-state index is -0.945. The lowest BCUT2D eigenvalue weighted by Crippen LogP contribution is -2.31. The summed E-state index contributed by atoms with van der Waals surface area (Å²) in [5.41, 5.74) is 5.41. The second kappa shape index (κ2) is 4.62. The van der Waals surface area contributed by atoms with Gasteiger partial charge in [-0.15, -0.1) is 0 Å². The van der Waals surface area contributed by atoms with E-state index in [9.17, 15) is 4.79 Å². The van der Waals surface area contributed by atoms with Crippen molar-refractivity contribution in [2.45, 2.75) is 12.5 Å². The molecule has 0 aromatic rings. The van der Waals surface area contributed by atoms with Gasteiger partial charge in [-0.2, -0.15) is 0 Å². The summed E-state index contributed by atoms with van der Waals surface area (Å²) in [6, 6.07) is -0.780. The normalized spacial score (nSPS) is 18.5. The van der Waals surface area contributed by atoms with Crippen LogP contribution in [0.15, 0.2) is 36.5 Å². The highest BCUT2D eigenvalue weighted by Gasteiger charge is 2.14. The van der Waals surface area contributed by atoms with Gasteiger partial charge in [0, 0.05) is 0 Å². The maximum Gasteiger partial charge on any atom is 0.320 e. The molecule has 0 aromatic carbocycles. The molecule has 1 rings (SSSR count). The second-order valence-electron chi connectivity index (χ2n) is 3.00. The molecule has 0 spiro atoms. The number of carboxylic acids is 1. The molecule has 0 aliphatic heterocycles. The number of aliphatic carboxylic acids is 1. The Kier molecular flexibility index (Phi) is 3.46. The van der Waals surface area contributed by atoms with Gasteiger partial charge >= 0.3 is 5.97 Å². The molecular formula is C10H13NO2. The van der Waals surface area contributed by atoms with Crippen molar-refractivity contribution in [3.8, 4) is 0 Å². The van der Waals surface area contributed by atoms with Crippen LogP contribution in [0.5, 0.6) is 0 Å². The van der Waals surface area contributed by atoms with Crippen molar-refractivity contribution in [3.05, 3.63) is 36.5 Å². The number of carboxylic acid groups (broad SMARTS) is 1. The van der Waals surface area contributed by atoms with Gasteiger partial charge in [0.15, 0.2) is 0 Å². The highest BCUT2D eigenvalue weighted by atomic mass is 16.4. The third-order valence-corrected chi connectivity index (χ3v) is 1.89. The zero-order valence-corrected chi connectivity index (χ0v) is 7.26. The van der Waals surface area contributed by atoms with Crippen LogP contribution < -0.4 is 5.73 Å². The van der Waals surface area contributed by atoms with Crippen LogP contribution in [0.4, 0.5) is 0 Å². The Balaban J connectivity index is 2.50. The van der Waals surface area contributed by atoms with Gasteiger partial charge in [0.2, 0.25) is 0 Å². The maximum atomic E-state index is 10.5. The first-order chi connectivity index (χ1) is 6.20. The molecule has 1 unspecified atom stereocenters. The van der Waals surface area contributed by atoms with Crippen LogP contribution in [0.2, 0.25) is 0 Å². The number of hydrogen-bond acceptors (Lipinski definition) is 2. The summed E-state index contributed by atoms with van der Waals surface area (Å²) in [5, 5.41) is 8.59. The van der Waals surface area contributed by atoms with Crippen LogP contribution in [0.1, 0.15) is 6.42 Å². The minimum absolute atomic E-state index is 0.126.